The van der Waals surface area contributed by atoms with Crippen molar-refractivity contribution >= 4 is 17.8 Å². The van der Waals surface area contributed by atoms with E-state index < -0.39 is 0 Å². The van der Waals surface area contributed by atoms with Crippen molar-refractivity contribution in [2.24, 2.45) is 4.99 Å². The molecule has 0 aliphatic carbocycles. The van der Waals surface area contributed by atoms with Crippen LogP contribution in [0.2, 0.25) is 0 Å². The van der Waals surface area contributed by atoms with Gasteiger partial charge in [0.2, 0.25) is 0 Å². The largest absolute Gasteiger partial charge is 0.372 e. The maximum Gasteiger partial charge on any atom is 0.159 e. The first-order valence-corrected chi connectivity index (χ1v) is 6.25. The van der Waals surface area contributed by atoms with Crippen molar-refractivity contribution in [3.05, 3.63) is 45.9 Å². The second-order valence-corrected chi connectivity index (χ2v) is 4.71. The number of halogens is 2. The number of nitrogens with one attached hydrogen (secondary N) is 4. The number of dihydropyridines is 1. The van der Waals surface area contributed by atoms with Crippen molar-refractivity contribution < 1.29 is 4.39 Å². The number of hydrogen-bond donors (Lipinski definition) is 4. The molecule has 0 fully saturated rings. The Bertz CT molecular complexity index is 573. The van der Waals surface area contributed by atoms with E-state index >= 15 is 0 Å². The summed E-state index contributed by atoms with van der Waals surface area (Å²) in [5.41, 5.74) is 1.84. The standard InChI is InChI=1S/C12H13ClFN5/c1-15-12-9(14)5-18-11(19-12)8-4-17-10-7(8)2-6(13)3-16-10/h2-4,10,15-16,18-19H,5H2,1H3. The third kappa shape index (κ3) is 2.08. The van der Waals surface area contributed by atoms with Gasteiger partial charge in [-0.3, -0.25) is 4.99 Å². The van der Waals surface area contributed by atoms with E-state index in [4.69, 9.17) is 11.6 Å². The van der Waals surface area contributed by atoms with Crippen LogP contribution in [0.5, 0.6) is 0 Å². The smallest absolute Gasteiger partial charge is 0.159 e. The average molecular weight is 282 g/mol. The second-order valence-electron chi connectivity index (χ2n) is 4.27. The predicted octanol–water partition coefficient (Wildman–Crippen LogP) is 0.769. The summed E-state index contributed by atoms with van der Waals surface area (Å²) in [5, 5.41) is 12.5. The van der Waals surface area contributed by atoms with E-state index in [1.165, 1.54) is 0 Å². The highest BCUT2D eigenvalue weighted by atomic mass is 35.5. The Labute approximate surface area is 115 Å². The molecule has 19 heavy (non-hydrogen) atoms. The molecule has 0 aromatic rings. The molecule has 0 bridgehead atoms. The lowest BCUT2D eigenvalue weighted by molar-refractivity contribution is 0.518. The number of nitrogens with zero attached hydrogens (tertiary/aromatic N) is 1. The van der Waals surface area contributed by atoms with Gasteiger partial charge in [0, 0.05) is 30.6 Å². The minimum absolute atomic E-state index is 0.123. The fourth-order valence-corrected chi connectivity index (χ4v) is 2.33. The Morgan fingerprint density at radius 2 is 2.37 bits per heavy atom. The molecule has 3 aliphatic rings. The Balaban J connectivity index is 1.96. The summed E-state index contributed by atoms with van der Waals surface area (Å²) >= 11 is 5.99. The molecule has 0 saturated carbocycles. The van der Waals surface area contributed by atoms with Gasteiger partial charge >= 0.3 is 0 Å². The Kier molecular flexibility index (Phi) is 2.94. The highest BCUT2D eigenvalue weighted by molar-refractivity contribution is 6.31. The van der Waals surface area contributed by atoms with Crippen LogP contribution in [0.4, 0.5) is 4.39 Å². The second kappa shape index (κ2) is 4.62. The van der Waals surface area contributed by atoms with Crippen molar-refractivity contribution in [2.45, 2.75) is 6.17 Å². The van der Waals surface area contributed by atoms with Crippen LogP contribution in [0.15, 0.2) is 50.9 Å². The fraction of sp³-hybridized carbons (Fsp3) is 0.250. The molecule has 7 heteroatoms. The number of fused-ring (bicyclic) bond motifs is 1. The molecule has 1 unspecified atom stereocenters. The minimum Gasteiger partial charge on any atom is -0.372 e. The van der Waals surface area contributed by atoms with E-state index in [2.05, 4.69) is 26.3 Å². The summed E-state index contributed by atoms with van der Waals surface area (Å²) in [4.78, 5) is 4.34. The molecule has 1 atom stereocenters. The lowest BCUT2D eigenvalue weighted by atomic mass is 10.0. The highest BCUT2D eigenvalue weighted by Gasteiger charge is 2.28. The first-order valence-electron chi connectivity index (χ1n) is 5.87. The van der Waals surface area contributed by atoms with Crippen molar-refractivity contribution in [1.29, 1.82) is 0 Å². The maximum absolute atomic E-state index is 13.5. The molecule has 0 saturated heterocycles. The van der Waals surface area contributed by atoms with Crippen molar-refractivity contribution in [3.8, 4) is 0 Å². The van der Waals surface area contributed by atoms with Crippen LogP contribution in [0.1, 0.15) is 0 Å². The van der Waals surface area contributed by atoms with Crippen molar-refractivity contribution in [2.75, 3.05) is 13.6 Å². The SMILES string of the molecule is CNC1=C(F)CNC(=C2C=NC3NC=C(Cl)C=C23)N1. The molecule has 4 N–H and O–H groups in total. The van der Waals surface area contributed by atoms with Gasteiger partial charge in [0.1, 0.15) is 17.8 Å². The van der Waals surface area contributed by atoms with Crippen LogP contribution in [0.25, 0.3) is 0 Å². The van der Waals surface area contributed by atoms with Gasteiger partial charge in [-0.15, -0.1) is 0 Å². The average Bonchev–Trinajstić information content (AvgIpc) is 2.82. The van der Waals surface area contributed by atoms with Gasteiger partial charge in [-0.25, -0.2) is 4.39 Å². The topological polar surface area (TPSA) is 60.5 Å². The van der Waals surface area contributed by atoms with Gasteiger partial charge in [-0.05, 0) is 6.08 Å². The Morgan fingerprint density at radius 1 is 1.53 bits per heavy atom. The van der Waals surface area contributed by atoms with Crippen LogP contribution in [0, 0.1) is 0 Å². The quantitative estimate of drug-likeness (QED) is 0.573. The van der Waals surface area contributed by atoms with Gasteiger partial charge < -0.3 is 21.3 Å². The predicted molar refractivity (Wildman–Crippen MR) is 72.8 cm³/mol. The van der Waals surface area contributed by atoms with Crippen LogP contribution in [-0.4, -0.2) is 26.0 Å². The van der Waals surface area contributed by atoms with E-state index in [-0.39, 0.29) is 18.5 Å². The molecule has 0 aromatic heterocycles. The highest BCUT2D eigenvalue weighted by Crippen LogP contribution is 2.28. The number of aliphatic imine (C=N–C) groups is 1. The zero-order valence-electron chi connectivity index (χ0n) is 10.2. The molecule has 5 nitrogen and oxygen atoms in total. The lowest BCUT2D eigenvalue weighted by Gasteiger charge is -2.24. The van der Waals surface area contributed by atoms with Gasteiger partial charge in [0.15, 0.2) is 5.83 Å². The number of hydrogen-bond acceptors (Lipinski definition) is 5. The van der Waals surface area contributed by atoms with E-state index in [0.29, 0.717) is 10.9 Å². The molecule has 0 radical (unpaired) electrons. The summed E-state index contributed by atoms with van der Waals surface area (Å²) < 4.78 is 13.5. The molecule has 0 aromatic carbocycles. The summed E-state index contributed by atoms with van der Waals surface area (Å²) in [6.45, 7) is 0.144. The third-order valence-electron chi connectivity index (χ3n) is 3.09. The molecule has 0 spiro atoms. The Hall–Kier alpha value is -1.95. The third-order valence-corrected chi connectivity index (χ3v) is 3.31. The van der Waals surface area contributed by atoms with Crippen LogP contribution < -0.4 is 21.3 Å². The van der Waals surface area contributed by atoms with Crippen LogP contribution >= 0.6 is 11.6 Å². The number of allylic oxidation sites excluding steroid dienone is 2. The van der Waals surface area contributed by atoms with E-state index in [9.17, 15) is 4.39 Å². The molecule has 0 amide bonds. The molecule has 3 rings (SSSR count). The summed E-state index contributed by atoms with van der Waals surface area (Å²) in [6, 6.07) is 0. The molecule has 3 heterocycles. The monoisotopic (exact) mass is 281 g/mol. The van der Waals surface area contributed by atoms with Gasteiger partial charge in [0.05, 0.1) is 11.6 Å². The van der Waals surface area contributed by atoms with Gasteiger partial charge in [-0.1, -0.05) is 11.6 Å². The first kappa shape index (κ1) is 12.1. The Morgan fingerprint density at radius 3 is 3.16 bits per heavy atom. The van der Waals surface area contributed by atoms with Crippen molar-refractivity contribution in [3.63, 3.8) is 0 Å². The molecule has 100 valence electrons. The van der Waals surface area contributed by atoms with Crippen molar-refractivity contribution in [1.82, 2.24) is 21.3 Å². The zero-order valence-corrected chi connectivity index (χ0v) is 11.0. The lowest BCUT2D eigenvalue weighted by Crippen LogP contribution is -2.39. The van der Waals surface area contributed by atoms with E-state index in [1.54, 1.807) is 19.5 Å². The first-order chi connectivity index (χ1) is 9.19. The summed E-state index contributed by atoms with van der Waals surface area (Å²) in [7, 11) is 1.67. The molecular weight excluding hydrogens is 269 g/mol. The number of rotatable bonds is 1. The summed E-state index contributed by atoms with van der Waals surface area (Å²) in [5.74, 6) is 0.826. The maximum atomic E-state index is 13.5. The van der Waals surface area contributed by atoms with Crippen LogP contribution in [-0.2, 0) is 0 Å². The van der Waals surface area contributed by atoms with E-state index in [0.717, 1.165) is 17.0 Å². The van der Waals surface area contributed by atoms with Crippen LogP contribution in [0.3, 0.4) is 0 Å². The minimum atomic E-state index is -0.257. The zero-order chi connectivity index (χ0) is 13.4. The van der Waals surface area contributed by atoms with Gasteiger partial charge in [-0.2, -0.15) is 0 Å². The normalized spacial score (nSPS) is 28.9. The summed E-state index contributed by atoms with van der Waals surface area (Å²) in [6.07, 6.45) is 5.19. The molecular formula is C12H13ClFN5. The van der Waals surface area contributed by atoms with Gasteiger partial charge in [0.25, 0.3) is 0 Å². The molecule has 3 aliphatic heterocycles. The van der Waals surface area contributed by atoms with E-state index in [1.807, 2.05) is 6.08 Å². The fourth-order valence-electron chi connectivity index (χ4n) is 2.15.